The van der Waals surface area contributed by atoms with Gasteiger partial charge in [-0.1, -0.05) is 32.0 Å². The summed E-state index contributed by atoms with van der Waals surface area (Å²) >= 11 is 0. The number of rotatable bonds is 6. The summed E-state index contributed by atoms with van der Waals surface area (Å²) in [4.78, 5) is 27.9. The number of para-hydroxylation sites is 1. The molecule has 1 aliphatic rings. The van der Waals surface area contributed by atoms with Crippen molar-refractivity contribution in [3.05, 3.63) is 41.5 Å². The fraction of sp³-hybridized carbons (Fsp3) is 0.444. The monoisotopic (exact) mass is 342 g/mol. The van der Waals surface area contributed by atoms with Gasteiger partial charge in [0.05, 0.1) is 5.69 Å². The van der Waals surface area contributed by atoms with E-state index in [0.717, 1.165) is 24.1 Å². The van der Waals surface area contributed by atoms with Gasteiger partial charge in [-0.25, -0.2) is 14.5 Å². The maximum absolute atomic E-state index is 12.4. The Kier molecular flexibility index (Phi) is 4.57. The van der Waals surface area contributed by atoms with Crippen LogP contribution in [0.1, 0.15) is 54.6 Å². The van der Waals surface area contributed by atoms with Crippen molar-refractivity contribution in [2.75, 3.05) is 0 Å². The van der Waals surface area contributed by atoms with Crippen LogP contribution in [0.25, 0.3) is 5.69 Å². The van der Waals surface area contributed by atoms with Crippen molar-refractivity contribution in [2.45, 2.75) is 45.6 Å². The summed E-state index contributed by atoms with van der Waals surface area (Å²) in [6.45, 7) is 5.95. The molecule has 7 nitrogen and oxygen atoms in total. The van der Waals surface area contributed by atoms with Crippen LogP contribution in [-0.4, -0.2) is 37.8 Å². The molecule has 0 aliphatic heterocycles. The van der Waals surface area contributed by atoms with Gasteiger partial charge in [-0.2, -0.15) is 0 Å². The Morgan fingerprint density at radius 3 is 2.56 bits per heavy atom. The lowest BCUT2D eigenvalue weighted by atomic mass is 10.0. The Morgan fingerprint density at radius 1 is 1.28 bits per heavy atom. The molecule has 1 saturated carbocycles. The van der Waals surface area contributed by atoms with Crippen LogP contribution >= 0.6 is 0 Å². The minimum absolute atomic E-state index is 0.00583. The Bertz CT molecular complexity index is 808. The first-order chi connectivity index (χ1) is 11.9. The molecule has 2 aromatic rings. The number of aryl methyl sites for hydroxylation is 1. The van der Waals surface area contributed by atoms with Crippen molar-refractivity contribution in [3.8, 4) is 5.69 Å². The molecule has 0 saturated heterocycles. The van der Waals surface area contributed by atoms with Crippen molar-refractivity contribution in [2.24, 2.45) is 5.92 Å². The molecule has 3 rings (SSSR count). The fourth-order valence-electron chi connectivity index (χ4n) is 2.90. The van der Waals surface area contributed by atoms with E-state index < -0.39 is 17.9 Å². The number of aliphatic carboxylic acids is 1. The Hall–Kier alpha value is -2.70. The molecule has 1 aromatic carbocycles. The van der Waals surface area contributed by atoms with Crippen LogP contribution < -0.4 is 5.32 Å². The van der Waals surface area contributed by atoms with E-state index in [1.807, 2.05) is 24.3 Å². The van der Waals surface area contributed by atoms with Gasteiger partial charge in [-0.15, -0.1) is 5.10 Å². The van der Waals surface area contributed by atoms with E-state index in [2.05, 4.69) is 29.2 Å². The SMILES string of the molecule is Cc1nc(C(=O)NC(C(=O)O)C2CC2)nn1-c1ccccc1C(C)C. The molecule has 7 heteroatoms. The highest BCUT2D eigenvalue weighted by molar-refractivity contribution is 5.93. The zero-order valence-electron chi connectivity index (χ0n) is 14.6. The van der Waals surface area contributed by atoms with Gasteiger partial charge in [0, 0.05) is 0 Å². The first-order valence-corrected chi connectivity index (χ1v) is 8.45. The molecule has 0 bridgehead atoms. The van der Waals surface area contributed by atoms with Crippen LogP contribution in [0.15, 0.2) is 24.3 Å². The van der Waals surface area contributed by atoms with Crippen molar-refractivity contribution in [1.29, 1.82) is 0 Å². The highest BCUT2D eigenvalue weighted by Crippen LogP contribution is 2.32. The highest BCUT2D eigenvalue weighted by Gasteiger charge is 2.38. The van der Waals surface area contributed by atoms with Crippen LogP contribution in [-0.2, 0) is 4.79 Å². The molecule has 1 aliphatic carbocycles. The number of nitrogens with one attached hydrogen (secondary N) is 1. The molecule has 0 radical (unpaired) electrons. The molecular weight excluding hydrogens is 320 g/mol. The number of aromatic nitrogens is 3. The molecule has 1 unspecified atom stereocenters. The third-order valence-electron chi connectivity index (χ3n) is 4.41. The fourth-order valence-corrected chi connectivity index (χ4v) is 2.90. The Labute approximate surface area is 146 Å². The molecule has 1 amide bonds. The summed E-state index contributed by atoms with van der Waals surface area (Å²) in [6.07, 6.45) is 1.64. The number of carbonyl (C=O) groups is 2. The molecule has 132 valence electrons. The molecule has 2 N–H and O–H groups in total. The van der Waals surface area contributed by atoms with Crippen molar-refractivity contribution >= 4 is 11.9 Å². The first-order valence-electron chi connectivity index (χ1n) is 8.45. The van der Waals surface area contributed by atoms with Crippen molar-refractivity contribution < 1.29 is 14.7 Å². The number of amides is 1. The molecule has 1 fully saturated rings. The second-order valence-electron chi connectivity index (χ2n) is 6.73. The van der Waals surface area contributed by atoms with Crippen molar-refractivity contribution in [1.82, 2.24) is 20.1 Å². The lowest BCUT2D eigenvalue weighted by molar-refractivity contribution is -0.139. The predicted molar refractivity (Wildman–Crippen MR) is 91.8 cm³/mol. The Morgan fingerprint density at radius 2 is 1.96 bits per heavy atom. The smallest absolute Gasteiger partial charge is 0.326 e. The Balaban J connectivity index is 1.88. The normalized spacial score (nSPS) is 15.2. The van der Waals surface area contributed by atoms with Gasteiger partial charge in [-0.05, 0) is 43.2 Å². The molecule has 1 aromatic heterocycles. The zero-order valence-corrected chi connectivity index (χ0v) is 14.6. The van der Waals surface area contributed by atoms with Gasteiger partial charge in [-0.3, -0.25) is 4.79 Å². The standard InChI is InChI=1S/C18H22N4O3/c1-10(2)13-6-4-5-7-14(13)22-11(3)19-16(21-22)17(23)20-15(18(24)25)12-8-9-12/h4-7,10,12,15H,8-9H2,1-3H3,(H,20,23)(H,24,25). The average molecular weight is 342 g/mol. The van der Waals surface area contributed by atoms with E-state index in [-0.39, 0.29) is 11.7 Å². The summed E-state index contributed by atoms with van der Waals surface area (Å²) in [7, 11) is 0. The molecule has 1 heterocycles. The summed E-state index contributed by atoms with van der Waals surface area (Å²) < 4.78 is 1.64. The molecule has 0 spiro atoms. The summed E-state index contributed by atoms with van der Waals surface area (Å²) in [5, 5.41) is 16.1. The maximum Gasteiger partial charge on any atom is 0.326 e. The van der Waals surface area contributed by atoms with Crippen LogP contribution in [0, 0.1) is 12.8 Å². The van der Waals surface area contributed by atoms with Gasteiger partial charge >= 0.3 is 5.97 Å². The number of hydrogen-bond donors (Lipinski definition) is 2. The van der Waals surface area contributed by atoms with Gasteiger partial charge in [0.2, 0.25) is 5.82 Å². The minimum Gasteiger partial charge on any atom is -0.480 e. The predicted octanol–water partition coefficient (Wildman–Crippen LogP) is 2.29. The second kappa shape index (κ2) is 6.66. The van der Waals surface area contributed by atoms with E-state index in [4.69, 9.17) is 0 Å². The van der Waals surface area contributed by atoms with Gasteiger partial charge in [0.1, 0.15) is 11.9 Å². The van der Waals surface area contributed by atoms with Crippen LogP contribution in [0.4, 0.5) is 0 Å². The van der Waals surface area contributed by atoms with E-state index in [9.17, 15) is 14.7 Å². The molecular formula is C18H22N4O3. The average Bonchev–Trinajstić information content (AvgIpc) is 3.33. The van der Waals surface area contributed by atoms with E-state index in [0.29, 0.717) is 11.7 Å². The van der Waals surface area contributed by atoms with Crippen molar-refractivity contribution in [3.63, 3.8) is 0 Å². The third kappa shape index (κ3) is 3.55. The maximum atomic E-state index is 12.4. The third-order valence-corrected chi connectivity index (χ3v) is 4.41. The lowest BCUT2D eigenvalue weighted by Crippen LogP contribution is -2.42. The number of nitrogens with zero attached hydrogens (tertiary/aromatic N) is 3. The number of hydrogen-bond acceptors (Lipinski definition) is 4. The zero-order chi connectivity index (χ0) is 18.1. The second-order valence-corrected chi connectivity index (χ2v) is 6.73. The van der Waals surface area contributed by atoms with E-state index in [1.54, 1.807) is 11.6 Å². The largest absolute Gasteiger partial charge is 0.480 e. The summed E-state index contributed by atoms with van der Waals surface area (Å²) in [6, 6.07) is 6.96. The van der Waals surface area contributed by atoms with Crippen LogP contribution in [0.3, 0.4) is 0 Å². The summed E-state index contributed by atoms with van der Waals surface area (Å²) in [5.41, 5.74) is 1.97. The van der Waals surface area contributed by atoms with Crippen LogP contribution in [0.5, 0.6) is 0 Å². The minimum atomic E-state index is -1.02. The number of carboxylic acids is 1. The van der Waals surface area contributed by atoms with Gasteiger partial charge in [0.15, 0.2) is 0 Å². The number of carbonyl (C=O) groups excluding carboxylic acids is 1. The van der Waals surface area contributed by atoms with Gasteiger partial charge in [0.25, 0.3) is 5.91 Å². The summed E-state index contributed by atoms with van der Waals surface area (Å²) in [5.74, 6) is -0.700. The number of benzene rings is 1. The van der Waals surface area contributed by atoms with E-state index >= 15 is 0 Å². The van der Waals surface area contributed by atoms with Gasteiger partial charge < -0.3 is 10.4 Å². The van der Waals surface area contributed by atoms with E-state index in [1.165, 1.54) is 0 Å². The lowest BCUT2D eigenvalue weighted by Gasteiger charge is -2.13. The topological polar surface area (TPSA) is 97.1 Å². The quantitative estimate of drug-likeness (QED) is 0.839. The number of carboxylic acid groups (broad SMARTS) is 1. The first kappa shape index (κ1) is 17.1. The highest BCUT2D eigenvalue weighted by atomic mass is 16.4. The molecule has 1 atom stereocenters. The molecule has 25 heavy (non-hydrogen) atoms. The van der Waals surface area contributed by atoms with Crippen LogP contribution in [0.2, 0.25) is 0 Å².